The van der Waals surface area contributed by atoms with E-state index in [0.29, 0.717) is 17.9 Å². The molecule has 1 amide bonds. The summed E-state index contributed by atoms with van der Waals surface area (Å²) in [4.78, 5) is 19.5. The van der Waals surface area contributed by atoms with Crippen LogP contribution in [0.5, 0.6) is 0 Å². The maximum absolute atomic E-state index is 13.2. The van der Waals surface area contributed by atoms with Crippen LogP contribution in [0.2, 0.25) is 0 Å². The van der Waals surface area contributed by atoms with Gasteiger partial charge in [0, 0.05) is 25.0 Å². The number of rotatable bonds is 2. The molecule has 1 aliphatic carbocycles. The molecule has 2 aromatic rings. The van der Waals surface area contributed by atoms with E-state index >= 15 is 0 Å². The molecule has 2 heterocycles. The summed E-state index contributed by atoms with van der Waals surface area (Å²) >= 11 is 0. The number of likely N-dealkylation sites (tertiary alicyclic amines) is 1. The lowest BCUT2D eigenvalue weighted by atomic mass is 9.69. The van der Waals surface area contributed by atoms with Crippen LogP contribution in [0.4, 0.5) is 0 Å². The summed E-state index contributed by atoms with van der Waals surface area (Å²) < 4.78 is 0. The highest BCUT2D eigenvalue weighted by atomic mass is 16.2. The number of hydrogen-bond acceptors (Lipinski definition) is 2. The van der Waals surface area contributed by atoms with Crippen molar-refractivity contribution in [1.82, 2.24) is 9.88 Å². The molecule has 2 aliphatic rings. The molecule has 0 spiro atoms. The Labute approximate surface area is 150 Å². The molecule has 0 radical (unpaired) electrons. The van der Waals surface area contributed by atoms with Crippen LogP contribution < -0.4 is 0 Å². The van der Waals surface area contributed by atoms with Gasteiger partial charge in [-0.2, -0.15) is 0 Å². The molecule has 4 rings (SSSR count). The highest BCUT2D eigenvalue weighted by molar-refractivity contribution is 5.95. The third-order valence-corrected chi connectivity index (χ3v) is 6.14. The number of hydrogen-bond donors (Lipinski definition) is 0. The number of carbonyl (C=O) groups excluding carboxylic acids is 1. The third kappa shape index (κ3) is 3.08. The van der Waals surface area contributed by atoms with E-state index in [-0.39, 0.29) is 5.91 Å². The zero-order chi connectivity index (χ0) is 17.2. The Bertz CT molecular complexity index is 743. The maximum Gasteiger partial charge on any atom is 0.255 e. The number of amides is 1. The van der Waals surface area contributed by atoms with E-state index in [0.717, 1.165) is 30.5 Å². The SMILES string of the molecule is Cc1ccncc1C(=O)N1CC[C@H](c2ccccc2)[C@H]2CCCC[C@H]21. The van der Waals surface area contributed by atoms with Gasteiger partial charge in [-0.05, 0) is 55.2 Å². The van der Waals surface area contributed by atoms with Gasteiger partial charge in [0.2, 0.25) is 0 Å². The van der Waals surface area contributed by atoms with Gasteiger partial charge < -0.3 is 4.90 Å². The normalized spacial score (nSPS) is 26.1. The predicted molar refractivity (Wildman–Crippen MR) is 99.6 cm³/mol. The Kier molecular flexibility index (Phi) is 4.56. The van der Waals surface area contributed by atoms with Crippen LogP contribution >= 0.6 is 0 Å². The quantitative estimate of drug-likeness (QED) is 0.805. The van der Waals surface area contributed by atoms with E-state index in [1.165, 1.54) is 24.8 Å². The summed E-state index contributed by atoms with van der Waals surface area (Å²) in [7, 11) is 0. The second kappa shape index (κ2) is 6.99. The van der Waals surface area contributed by atoms with Crippen LogP contribution in [-0.4, -0.2) is 28.4 Å². The Morgan fingerprint density at radius 2 is 1.88 bits per heavy atom. The molecule has 25 heavy (non-hydrogen) atoms. The number of aryl methyl sites for hydroxylation is 1. The van der Waals surface area contributed by atoms with Crippen LogP contribution in [-0.2, 0) is 0 Å². The van der Waals surface area contributed by atoms with Gasteiger partial charge in [0.25, 0.3) is 5.91 Å². The number of pyridine rings is 1. The molecule has 3 heteroatoms. The molecular weight excluding hydrogens is 308 g/mol. The smallest absolute Gasteiger partial charge is 0.255 e. The molecule has 1 aliphatic heterocycles. The first-order chi connectivity index (χ1) is 12.3. The van der Waals surface area contributed by atoms with Crippen LogP contribution in [0, 0.1) is 12.8 Å². The zero-order valence-corrected chi connectivity index (χ0v) is 14.9. The molecule has 1 saturated heterocycles. The van der Waals surface area contributed by atoms with Crippen molar-refractivity contribution >= 4 is 5.91 Å². The molecule has 3 nitrogen and oxygen atoms in total. The number of carbonyl (C=O) groups is 1. The van der Waals surface area contributed by atoms with Gasteiger partial charge in [-0.3, -0.25) is 9.78 Å². The highest BCUT2D eigenvalue weighted by Crippen LogP contribution is 2.44. The van der Waals surface area contributed by atoms with Crippen molar-refractivity contribution < 1.29 is 4.79 Å². The number of aromatic nitrogens is 1. The van der Waals surface area contributed by atoms with Crippen molar-refractivity contribution in [3.63, 3.8) is 0 Å². The summed E-state index contributed by atoms with van der Waals surface area (Å²) in [6.45, 7) is 2.86. The molecule has 130 valence electrons. The third-order valence-electron chi connectivity index (χ3n) is 6.14. The average Bonchev–Trinajstić information content (AvgIpc) is 2.68. The molecule has 1 saturated carbocycles. The lowest BCUT2D eigenvalue weighted by molar-refractivity contribution is 0.0318. The van der Waals surface area contributed by atoms with Gasteiger partial charge in [0.15, 0.2) is 0 Å². The molecule has 3 atom stereocenters. The molecule has 1 aromatic heterocycles. The van der Waals surface area contributed by atoms with Gasteiger partial charge in [0.1, 0.15) is 0 Å². The van der Waals surface area contributed by atoms with E-state index in [2.05, 4.69) is 40.2 Å². The van der Waals surface area contributed by atoms with Crippen molar-refractivity contribution in [3.8, 4) is 0 Å². The highest BCUT2D eigenvalue weighted by Gasteiger charge is 2.42. The van der Waals surface area contributed by atoms with Crippen LogP contribution in [0.1, 0.15) is 59.5 Å². The second-order valence-corrected chi connectivity index (χ2v) is 7.51. The summed E-state index contributed by atoms with van der Waals surface area (Å²) in [6, 6.07) is 13.2. The monoisotopic (exact) mass is 334 g/mol. The average molecular weight is 334 g/mol. The molecule has 0 bridgehead atoms. The summed E-state index contributed by atoms with van der Waals surface area (Å²) in [6.07, 6.45) is 9.46. The fraction of sp³-hybridized carbons (Fsp3) is 0.455. The number of fused-ring (bicyclic) bond motifs is 1. The van der Waals surface area contributed by atoms with E-state index in [4.69, 9.17) is 0 Å². The van der Waals surface area contributed by atoms with Gasteiger partial charge in [-0.25, -0.2) is 0 Å². The van der Waals surface area contributed by atoms with Crippen LogP contribution in [0.3, 0.4) is 0 Å². The largest absolute Gasteiger partial charge is 0.335 e. The lowest BCUT2D eigenvalue weighted by Crippen LogP contribution is -2.52. The first-order valence-electron chi connectivity index (χ1n) is 9.52. The van der Waals surface area contributed by atoms with Gasteiger partial charge >= 0.3 is 0 Å². The fourth-order valence-electron chi connectivity index (χ4n) is 4.86. The first-order valence-corrected chi connectivity index (χ1v) is 9.52. The Morgan fingerprint density at radius 3 is 2.68 bits per heavy atom. The fourth-order valence-corrected chi connectivity index (χ4v) is 4.86. The summed E-state index contributed by atoms with van der Waals surface area (Å²) in [5, 5.41) is 0. The molecule has 0 unspecified atom stereocenters. The summed E-state index contributed by atoms with van der Waals surface area (Å²) in [5.74, 6) is 1.35. The van der Waals surface area contributed by atoms with Crippen LogP contribution in [0.15, 0.2) is 48.8 Å². The Morgan fingerprint density at radius 1 is 1.08 bits per heavy atom. The molecule has 1 aromatic carbocycles. The van der Waals surface area contributed by atoms with Crippen molar-refractivity contribution in [2.24, 2.45) is 5.92 Å². The van der Waals surface area contributed by atoms with Crippen molar-refractivity contribution in [2.75, 3.05) is 6.54 Å². The first kappa shape index (κ1) is 16.3. The standard InChI is InChI=1S/C22H26N2O/c1-16-11-13-23-15-20(16)22(25)24-14-12-18(17-7-3-2-4-8-17)19-9-5-6-10-21(19)24/h2-4,7-8,11,13,15,18-19,21H,5-6,9-10,12,14H2,1H3/t18-,19-,21-/m1/s1. The van der Waals surface area contributed by atoms with Crippen molar-refractivity contribution in [1.29, 1.82) is 0 Å². The maximum atomic E-state index is 13.2. The predicted octanol–water partition coefficient (Wildman–Crippen LogP) is 4.58. The minimum Gasteiger partial charge on any atom is -0.335 e. The van der Waals surface area contributed by atoms with Crippen molar-refractivity contribution in [2.45, 2.75) is 51.0 Å². The molecular formula is C22H26N2O. The van der Waals surface area contributed by atoms with E-state index < -0.39 is 0 Å². The topological polar surface area (TPSA) is 33.2 Å². The van der Waals surface area contributed by atoms with E-state index in [1.54, 1.807) is 12.4 Å². The molecule has 0 N–H and O–H groups in total. The zero-order valence-electron chi connectivity index (χ0n) is 14.9. The van der Waals surface area contributed by atoms with Gasteiger partial charge in [-0.15, -0.1) is 0 Å². The lowest BCUT2D eigenvalue weighted by Gasteiger charge is -2.48. The minimum absolute atomic E-state index is 0.175. The number of piperidine rings is 1. The van der Waals surface area contributed by atoms with E-state index in [9.17, 15) is 4.79 Å². The molecule has 2 fully saturated rings. The summed E-state index contributed by atoms with van der Waals surface area (Å²) in [5.41, 5.74) is 3.24. The van der Waals surface area contributed by atoms with Crippen LogP contribution in [0.25, 0.3) is 0 Å². The van der Waals surface area contributed by atoms with Gasteiger partial charge in [-0.1, -0.05) is 43.2 Å². The van der Waals surface area contributed by atoms with E-state index in [1.807, 2.05) is 13.0 Å². The van der Waals surface area contributed by atoms with Crippen molar-refractivity contribution in [3.05, 3.63) is 65.5 Å². The Hall–Kier alpha value is -2.16. The second-order valence-electron chi connectivity index (χ2n) is 7.51. The minimum atomic E-state index is 0.175. The number of nitrogens with zero attached hydrogens (tertiary/aromatic N) is 2. The number of benzene rings is 1. The Balaban J connectivity index is 1.62. The van der Waals surface area contributed by atoms with Gasteiger partial charge in [0.05, 0.1) is 5.56 Å².